The number of anilines is 3. The summed E-state index contributed by atoms with van der Waals surface area (Å²) >= 11 is 0. The van der Waals surface area contributed by atoms with Gasteiger partial charge in [0, 0.05) is 36.3 Å². The van der Waals surface area contributed by atoms with E-state index in [9.17, 15) is 9.90 Å². The first-order chi connectivity index (χ1) is 15.5. The zero-order valence-corrected chi connectivity index (χ0v) is 19.0. The molecule has 2 saturated carbocycles. The van der Waals surface area contributed by atoms with Gasteiger partial charge in [-0.25, -0.2) is 4.98 Å². The van der Waals surface area contributed by atoms with Gasteiger partial charge in [0.25, 0.3) is 0 Å². The fourth-order valence-corrected chi connectivity index (χ4v) is 5.62. The predicted octanol–water partition coefficient (Wildman–Crippen LogP) is 4.63. The number of nitrogens with zero attached hydrogens (tertiary/aromatic N) is 4. The zero-order valence-electron chi connectivity index (χ0n) is 19.0. The Bertz CT molecular complexity index is 965. The van der Waals surface area contributed by atoms with Gasteiger partial charge in [0.2, 0.25) is 5.95 Å². The second-order valence-corrected chi connectivity index (χ2v) is 10.0. The van der Waals surface area contributed by atoms with E-state index < -0.39 is 11.9 Å². The molecule has 0 bridgehead atoms. The monoisotopic (exact) mass is 438 g/mol. The Hall–Kier alpha value is -2.64. The molecule has 0 amide bonds. The van der Waals surface area contributed by atoms with Gasteiger partial charge < -0.3 is 15.3 Å². The van der Waals surface area contributed by atoms with Crippen molar-refractivity contribution in [3.05, 3.63) is 23.5 Å². The van der Waals surface area contributed by atoms with Gasteiger partial charge >= 0.3 is 5.97 Å². The highest BCUT2D eigenvalue weighted by Crippen LogP contribution is 2.41. The minimum absolute atomic E-state index is 0.143. The first-order valence-electron chi connectivity index (χ1n) is 12.2. The van der Waals surface area contributed by atoms with Crippen molar-refractivity contribution in [1.82, 2.24) is 20.2 Å². The van der Waals surface area contributed by atoms with Crippen LogP contribution in [0.4, 0.5) is 17.6 Å². The molecule has 172 valence electrons. The van der Waals surface area contributed by atoms with Crippen LogP contribution in [0, 0.1) is 24.7 Å². The van der Waals surface area contributed by atoms with Crippen molar-refractivity contribution in [1.29, 1.82) is 0 Å². The molecule has 2 aromatic heterocycles. The maximum atomic E-state index is 12.1. The average Bonchev–Trinajstić information content (AvgIpc) is 3.53. The molecule has 3 atom stereocenters. The molecule has 0 aromatic carbocycles. The molecule has 1 aliphatic heterocycles. The van der Waals surface area contributed by atoms with Crippen molar-refractivity contribution in [2.24, 2.45) is 17.8 Å². The molecule has 2 unspecified atom stereocenters. The van der Waals surface area contributed by atoms with Crippen LogP contribution in [-0.2, 0) is 4.79 Å². The van der Waals surface area contributed by atoms with Crippen LogP contribution in [0.5, 0.6) is 0 Å². The van der Waals surface area contributed by atoms with E-state index in [1.54, 1.807) is 0 Å². The first kappa shape index (κ1) is 21.2. The minimum atomic E-state index is -0.709. The lowest BCUT2D eigenvalue weighted by Crippen LogP contribution is -2.52. The molecule has 1 saturated heterocycles. The number of carboxylic acids is 1. The Balaban J connectivity index is 1.39. The molecule has 3 aliphatic rings. The van der Waals surface area contributed by atoms with Crippen LogP contribution in [-0.4, -0.2) is 43.8 Å². The Morgan fingerprint density at radius 1 is 1.12 bits per heavy atom. The van der Waals surface area contributed by atoms with Gasteiger partial charge in [-0.1, -0.05) is 32.1 Å². The van der Waals surface area contributed by atoms with E-state index >= 15 is 0 Å². The molecule has 8 nitrogen and oxygen atoms in total. The quantitative estimate of drug-likeness (QED) is 0.604. The summed E-state index contributed by atoms with van der Waals surface area (Å²) < 4.78 is 0. The number of piperidine rings is 1. The number of hydrogen-bond acceptors (Lipinski definition) is 6. The van der Waals surface area contributed by atoms with Crippen LogP contribution >= 0.6 is 0 Å². The number of H-pyrrole nitrogens is 1. The molecule has 2 aromatic rings. The van der Waals surface area contributed by atoms with Crippen LogP contribution in [0.2, 0.25) is 0 Å². The number of aliphatic carboxylic acids is 1. The van der Waals surface area contributed by atoms with Crippen molar-refractivity contribution in [2.75, 3.05) is 16.8 Å². The average molecular weight is 439 g/mol. The van der Waals surface area contributed by atoms with Gasteiger partial charge in [0.05, 0.1) is 11.6 Å². The van der Waals surface area contributed by atoms with Crippen LogP contribution in [0.25, 0.3) is 0 Å². The van der Waals surface area contributed by atoms with Gasteiger partial charge in [0.15, 0.2) is 0 Å². The number of aryl methyl sites for hydroxylation is 1. The summed E-state index contributed by atoms with van der Waals surface area (Å²) in [5.74, 6) is 2.61. The van der Waals surface area contributed by atoms with E-state index in [-0.39, 0.29) is 6.04 Å². The predicted molar refractivity (Wildman–Crippen MR) is 123 cm³/mol. The van der Waals surface area contributed by atoms with Crippen molar-refractivity contribution >= 4 is 23.6 Å². The second kappa shape index (κ2) is 8.71. The maximum absolute atomic E-state index is 12.1. The van der Waals surface area contributed by atoms with Crippen molar-refractivity contribution in [3.63, 3.8) is 0 Å². The summed E-state index contributed by atoms with van der Waals surface area (Å²) in [6, 6.07) is 3.83. The van der Waals surface area contributed by atoms with Crippen molar-refractivity contribution < 1.29 is 9.90 Å². The van der Waals surface area contributed by atoms with Gasteiger partial charge in [-0.15, -0.1) is 0 Å². The van der Waals surface area contributed by atoms with Gasteiger partial charge in [-0.05, 0) is 44.9 Å². The summed E-state index contributed by atoms with van der Waals surface area (Å²) in [4.78, 5) is 23.8. The summed E-state index contributed by atoms with van der Waals surface area (Å²) in [6.45, 7) is 4.79. The van der Waals surface area contributed by atoms with Gasteiger partial charge in [0.1, 0.15) is 11.6 Å². The molecule has 3 N–H and O–H groups in total. The van der Waals surface area contributed by atoms with E-state index in [0.29, 0.717) is 29.5 Å². The molecule has 3 fully saturated rings. The molecular formula is C24H34N6O2. The lowest BCUT2D eigenvalue weighted by Gasteiger charge is -2.45. The first-order valence-corrected chi connectivity index (χ1v) is 12.2. The lowest BCUT2D eigenvalue weighted by molar-refractivity contribution is -0.144. The van der Waals surface area contributed by atoms with Crippen LogP contribution in [0.15, 0.2) is 12.1 Å². The van der Waals surface area contributed by atoms with E-state index in [4.69, 9.17) is 9.97 Å². The van der Waals surface area contributed by atoms with E-state index in [2.05, 4.69) is 26.5 Å². The molecule has 2 aliphatic carbocycles. The molecule has 5 rings (SSSR count). The maximum Gasteiger partial charge on any atom is 0.308 e. The highest BCUT2D eigenvalue weighted by molar-refractivity contribution is 5.72. The SMILES string of the molecule is Cc1cc(Nc2cc(C3CC3)n[nH]2)nc(N2CC(C3CCCCC3)C[C@@H](C(=O)O)C2C)n1. The highest BCUT2D eigenvalue weighted by Gasteiger charge is 2.41. The number of hydrogen-bond donors (Lipinski definition) is 3. The van der Waals surface area contributed by atoms with Crippen molar-refractivity contribution in [3.8, 4) is 0 Å². The summed E-state index contributed by atoms with van der Waals surface area (Å²) in [5.41, 5.74) is 1.96. The summed E-state index contributed by atoms with van der Waals surface area (Å²) in [6.07, 6.45) is 9.42. The number of carboxylic acid groups (broad SMARTS) is 1. The van der Waals surface area contributed by atoms with E-state index in [0.717, 1.165) is 30.2 Å². The smallest absolute Gasteiger partial charge is 0.308 e. The number of carbonyl (C=O) groups is 1. The zero-order chi connectivity index (χ0) is 22.2. The van der Waals surface area contributed by atoms with Crippen molar-refractivity contribution in [2.45, 2.75) is 77.2 Å². The molecule has 0 radical (unpaired) electrons. The third kappa shape index (κ3) is 4.45. The van der Waals surface area contributed by atoms with Crippen LogP contribution in [0.1, 0.15) is 75.6 Å². The van der Waals surface area contributed by atoms with Gasteiger partial charge in [-0.2, -0.15) is 10.1 Å². The Morgan fingerprint density at radius 3 is 2.62 bits per heavy atom. The fourth-order valence-electron chi connectivity index (χ4n) is 5.62. The van der Waals surface area contributed by atoms with Gasteiger partial charge in [-0.3, -0.25) is 9.89 Å². The Kier molecular flexibility index (Phi) is 5.78. The molecular weight excluding hydrogens is 404 g/mol. The molecule has 8 heteroatoms. The Labute approximate surface area is 189 Å². The summed E-state index contributed by atoms with van der Waals surface area (Å²) in [7, 11) is 0. The molecule has 3 heterocycles. The molecule has 0 spiro atoms. The number of rotatable bonds is 6. The van der Waals surface area contributed by atoms with Crippen LogP contribution < -0.4 is 10.2 Å². The highest BCUT2D eigenvalue weighted by atomic mass is 16.4. The number of aromatic nitrogens is 4. The Morgan fingerprint density at radius 2 is 1.91 bits per heavy atom. The number of nitrogens with one attached hydrogen (secondary N) is 2. The normalized spacial score (nSPS) is 26.8. The summed E-state index contributed by atoms with van der Waals surface area (Å²) in [5, 5.41) is 20.8. The van der Waals surface area contributed by atoms with E-state index in [1.165, 1.54) is 44.9 Å². The second-order valence-electron chi connectivity index (χ2n) is 10.0. The molecule has 32 heavy (non-hydrogen) atoms. The van der Waals surface area contributed by atoms with Crippen LogP contribution in [0.3, 0.4) is 0 Å². The third-order valence-corrected chi connectivity index (χ3v) is 7.65. The number of aromatic amines is 1. The van der Waals surface area contributed by atoms with E-state index in [1.807, 2.05) is 19.9 Å². The largest absolute Gasteiger partial charge is 0.481 e. The fraction of sp³-hybridized carbons (Fsp3) is 0.667. The third-order valence-electron chi connectivity index (χ3n) is 7.65. The minimum Gasteiger partial charge on any atom is -0.481 e. The lowest BCUT2D eigenvalue weighted by atomic mass is 9.72. The standard InChI is InChI=1S/C24H34N6O2/c1-14-10-21(26-22-12-20(28-29-22)17-8-9-17)27-24(25-14)30-13-18(16-6-4-3-5-7-16)11-19(15(30)2)23(31)32/h10,12,15-19H,3-9,11,13H2,1-2H3,(H,31,32)(H2,25,26,27,28,29)/t15?,18?,19-/m1/s1. The topological polar surface area (TPSA) is 107 Å².